The van der Waals surface area contributed by atoms with Gasteiger partial charge in [-0.1, -0.05) is 12.1 Å². The van der Waals surface area contributed by atoms with Crippen molar-refractivity contribution < 1.29 is 13.2 Å². The predicted molar refractivity (Wildman–Crippen MR) is 83.3 cm³/mol. The molecule has 1 unspecified atom stereocenters. The summed E-state index contributed by atoms with van der Waals surface area (Å²) in [5.74, 6) is 0.760. The summed E-state index contributed by atoms with van der Waals surface area (Å²) in [7, 11) is -1.80. The van der Waals surface area contributed by atoms with Crippen molar-refractivity contribution in [1.82, 2.24) is 4.31 Å². The van der Waals surface area contributed by atoms with Crippen molar-refractivity contribution in [3.05, 3.63) is 46.8 Å². The van der Waals surface area contributed by atoms with E-state index in [1.165, 1.54) is 16.9 Å². The molecule has 1 aromatic heterocycles. The van der Waals surface area contributed by atoms with Gasteiger partial charge in [-0.05, 0) is 48.1 Å². The van der Waals surface area contributed by atoms with Crippen LogP contribution >= 0.6 is 11.3 Å². The molecule has 21 heavy (non-hydrogen) atoms. The van der Waals surface area contributed by atoms with Gasteiger partial charge in [0.25, 0.3) is 10.0 Å². The van der Waals surface area contributed by atoms with E-state index in [2.05, 4.69) is 0 Å². The van der Waals surface area contributed by atoms with Crippen LogP contribution in [0.15, 0.2) is 39.9 Å². The summed E-state index contributed by atoms with van der Waals surface area (Å²) in [5, 5.41) is 1.79. The van der Waals surface area contributed by atoms with Gasteiger partial charge in [0, 0.05) is 12.6 Å². The zero-order chi connectivity index (χ0) is 15.0. The van der Waals surface area contributed by atoms with Crippen molar-refractivity contribution in [1.29, 1.82) is 0 Å². The van der Waals surface area contributed by atoms with Gasteiger partial charge >= 0.3 is 0 Å². The molecule has 1 aliphatic rings. The maximum atomic E-state index is 12.7. The molecular formula is C15H17NO3S2. The number of ether oxygens (including phenoxy) is 1. The van der Waals surface area contributed by atoms with E-state index in [9.17, 15) is 8.42 Å². The second kappa shape index (κ2) is 5.44. The van der Waals surface area contributed by atoms with Crippen LogP contribution in [0, 0.1) is 0 Å². The molecule has 0 saturated heterocycles. The first kappa shape index (κ1) is 14.6. The Morgan fingerprint density at radius 1 is 1.33 bits per heavy atom. The highest BCUT2D eigenvalue weighted by Crippen LogP contribution is 2.36. The van der Waals surface area contributed by atoms with Crippen molar-refractivity contribution in [3.63, 3.8) is 0 Å². The zero-order valence-corrected chi connectivity index (χ0v) is 13.6. The lowest BCUT2D eigenvalue weighted by Gasteiger charge is -2.34. The van der Waals surface area contributed by atoms with Crippen LogP contribution in [-0.2, 0) is 16.4 Å². The molecule has 112 valence electrons. The molecule has 2 aromatic rings. The number of thiophene rings is 1. The minimum Gasteiger partial charge on any atom is -0.497 e. The molecule has 0 spiro atoms. The maximum Gasteiger partial charge on any atom is 0.253 e. The van der Waals surface area contributed by atoms with Gasteiger partial charge in [-0.3, -0.25) is 0 Å². The number of benzene rings is 1. The molecule has 0 aliphatic carbocycles. The third kappa shape index (κ3) is 2.47. The molecule has 1 aromatic carbocycles. The van der Waals surface area contributed by atoms with Crippen LogP contribution in [0.3, 0.4) is 0 Å². The van der Waals surface area contributed by atoms with Crippen LogP contribution in [0.5, 0.6) is 5.75 Å². The largest absolute Gasteiger partial charge is 0.497 e. The second-order valence-corrected chi connectivity index (χ2v) is 8.10. The molecule has 0 N–H and O–H groups in total. The lowest BCUT2D eigenvalue weighted by Crippen LogP contribution is -2.38. The number of fused-ring (bicyclic) bond motifs is 1. The van der Waals surface area contributed by atoms with E-state index < -0.39 is 10.0 Å². The Hall–Kier alpha value is -1.37. The highest BCUT2D eigenvalue weighted by molar-refractivity contribution is 7.91. The van der Waals surface area contributed by atoms with Gasteiger partial charge in [0.2, 0.25) is 0 Å². The number of hydrogen-bond acceptors (Lipinski definition) is 4. The summed E-state index contributed by atoms with van der Waals surface area (Å²) in [5.41, 5.74) is 2.22. The monoisotopic (exact) mass is 323 g/mol. The molecule has 4 nitrogen and oxygen atoms in total. The van der Waals surface area contributed by atoms with Crippen LogP contribution in [0.1, 0.15) is 24.1 Å². The van der Waals surface area contributed by atoms with Gasteiger partial charge in [0.1, 0.15) is 9.96 Å². The minimum atomic E-state index is -3.42. The molecule has 0 bridgehead atoms. The summed E-state index contributed by atoms with van der Waals surface area (Å²) in [6, 6.07) is 9.14. The Balaban J connectivity index is 2.00. The molecule has 0 fully saturated rings. The number of hydrogen-bond donors (Lipinski definition) is 0. The number of rotatable bonds is 3. The molecule has 6 heteroatoms. The SMILES string of the molecule is COc1ccc2c(c1)C(C)N(S(=O)(=O)c1cccs1)CC2. The molecular weight excluding hydrogens is 306 g/mol. The average molecular weight is 323 g/mol. The molecule has 1 atom stereocenters. The Kier molecular flexibility index (Phi) is 3.77. The van der Waals surface area contributed by atoms with E-state index >= 15 is 0 Å². The average Bonchev–Trinajstić information content (AvgIpc) is 3.02. The topological polar surface area (TPSA) is 46.6 Å². The lowest BCUT2D eigenvalue weighted by atomic mass is 9.95. The van der Waals surface area contributed by atoms with Crippen LogP contribution in [-0.4, -0.2) is 26.4 Å². The van der Waals surface area contributed by atoms with Crippen molar-refractivity contribution in [2.75, 3.05) is 13.7 Å². The number of methoxy groups -OCH3 is 1. The Labute approximate surface area is 129 Å². The number of sulfonamides is 1. The molecule has 0 amide bonds. The fourth-order valence-electron chi connectivity index (χ4n) is 2.75. The molecule has 1 aliphatic heterocycles. The van der Waals surface area contributed by atoms with Gasteiger partial charge < -0.3 is 4.74 Å². The van der Waals surface area contributed by atoms with Gasteiger partial charge in [-0.15, -0.1) is 11.3 Å². The fraction of sp³-hybridized carbons (Fsp3) is 0.333. The predicted octanol–water partition coefficient (Wildman–Crippen LogP) is 3.06. The summed E-state index contributed by atoms with van der Waals surface area (Å²) in [6.07, 6.45) is 0.730. The Morgan fingerprint density at radius 2 is 2.14 bits per heavy atom. The molecule has 2 heterocycles. The van der Waals surface area contributed by atoms with E-state index in [4.69, 9.17) is 4.74 Å². The van der Waals surface area contributed by atoms with Crippen LogP contribution in [0.4, 0.5) is 0 Å². The van der Waals surface area contributed by atoms with Gasteiger partial charge in [0.05, 0.1) is 7.11 Å². The van der Waals surface area contributed by atoms with Crippen LogP contribution in [0.2, 0.25) is 0 Å². The van der Waals surface area contributed by atoms with Gasteiger partial charge in [-0.2, -0.15) is 4.31 Å². The van der Waals surface area contributed by atoms with E-state index in [0.29, 0.717) is 10.8 Å². The quantitative estimate of drug-likeness (QED) is 0.872. The standard InChI is InChI=1S/C15H17NO3S2/c1-11-14-10-13(19-2)6-5-12(14)7-8-16(11)21(17,18)15-4-3-9-20-15/h3-6,9-11H,7-8H2,1-2H3. The van der Waals surface area contributed by atoms with E-state index in [-0.39, 0.29) is 6.04 Å². The summed E-state index contributed by atoms with van der Waals surface area (Å²) >= 11 is 1.26. The first-order valence-electron chi connectivity index (χ1n) is 6.76. The lowest BCUT2D eigenvalue weighted by molar-refractivity contribution is 0.325. The van der Waals surface area contributed by atoms with E-state index in [1.54, 1.807) is 28.9 Å². The number of nitrogens with zero attached hydrogens (tertiary/aromatic N) is 1. The minimum absolute atomic E-state index is 0.184. The maximum absolute atomic E-state index is 12.7. The van der Waals surface area contributed by atoms with Crippen molar-refractivity contribution in [2.24, 2.45) is 0 Å². The molecule has 0 saturated carbocycles. The van der Waals surface area contributed by atoms with Gasteiger partial charge in [0.15, 0.2) is 0 Å². The summed E-state index contributed by atoms with van der Waals surface area (Å²) in [6.45, 7) is 2.45. The second-order valence-electron chi connectivity index (χ2n) is 5.04. The third-order valence-electron chi connectivity index (χ3n) is 3.89. The van der Waals surface area contributed by atoms with Crippen molar-refractivity contribution in [2.45, 2.75) is 23.6 Å². The van der Waals surface area contributed by atoms with E-state index in [0.717, 1.165) is 17.7 Å². The first-order chi connectivity index (χ1) is 10.0. The zero-order valence-electron chi connectivity index (χ0n) is 11.9. The summed E-state index contributed by atoms with van der Waals surface area (Å²) in [4.78, 5) is 0. The highest BCUT2D eigenvalue weighted by Gasteiger charge is 2.34. The Morgan fingerprint density at radius 3 is 2.81 bits per heavy atom. The summed E-state index contributed by atoms with van der Waals surface area (Å²) < 4.78 is 32.7. The fourth-order valence-corrected chi connectivity index (χ4v) is 5.48. The van der Waals surface area contributed by atoms with Crippen molar-refractivity contribution in [3.8, 4) is 5.75 Å². The van der Waals surface area contributed by atoms with Crippen molar-refractivity contribution >= 4 is 21.4 Å². The van der Waals surface area contributed by atoms with Gasteiger partial charge in [-0.25, -0.2) is 8.42 Å². The van der Waals surface area contributed by atoms with Crippen LogP contribution in [0.25, 0.3) is 0 Å². The molecule has 0 radical (unpaired) electrons. The highest BCUT2D eigenvalue weighted by atomic mass is 32.2. The van der Waals surface area contributed by atoms with Crippen LogP contribution < -0.4 is 4.74 Å². The van der Waals surface area contributed by atoms with E-state index in [1.807, 2.05) is 25.1 Å². The third-order valence-corrected chi connectivity index (χ3v) is 7.24. The Bertz CT molecular complexity index is 738. The first-order valence-corrected chi connectivity index (χ1v) is 9.08. The molecule has 3 rings (SSSR count). The smallest absolute Gasteiger partial charge is 0.253 e. The normalized spacial score (nSPS) is 19.2.